The van der Waals surface area contributed by atoms with Crippen molar-refractivity contribution in [2.45, 2.75) is 22.4 Å². The standard InChI is InChI=1S/C25H16Cl2N6O3S/c26-16-7-5-14(6-8-16)21-20(27)24(35)33(21)32-19(29-18-4-2-1-3-17(18)23(32)34)13-37-25-31-30-22(36-25)15-9-11-28-12-10-15/h1-12,20-21H,13H2. The molecule has 1 fully saturated rings. The first-order valence-electron chi connectivity index (χ1n) is 11.1. The Morgan fingerprint density at radius 3 is 2.51 bits per heavy atom. The van der Waals surface area contributed by atoms with Crippen LogP contribution in [0.5, 0.6) is 0 Å². The molecular formula is C25H16Cl2N6O3S. The van der Waals surface area contributed by atoms with Crippen molar-refractivity contribution in [1.82, 2.24) is 24.8 Å². The van der Waals surface area contributed by atoms with Crippen LogP contribution in [0.3, 0.4) is 0 Å². The summed E-state index contributed by atoms with van der Waals surface area (Å²) in [6, 6.07) is 16.9. The van der Waals surface area contributed by atoms with Crippen molar-refractivity contribution < 1.29 is 9.21 Å². The molecule has 0 aliphatic carbocycles. The average Bonchev–Trinajstić information content (AvgIpc) is 3.41. The highest BCUT2D eigenvalue weighted by atomic mass is 35.5. The second-order valence-electron chi connectivity index (χ2n) is 8.14. The molecular weight excluding hydrogens is 535 g/mol. The summed E-state index contributed by atoms with van der Waals surface area (Å²) < 4.78 is 7.07. The number of rotatable bonds is 6. The molecule has 0 saturated carbocycles. The number of thioether (sulfide) groups is 1. The Morgan fingerprint density at radius 2 is 1.73 bits per heavy atom. The summed E-state index contributed by atoms with van der Waals surface area (Å²) in [6.45, 7) is 0. The molecule has 1 saturated heterocycles. The first kappa shape index (κ1) is 23.7. The number of pyridine rings is 1. The zero-order valence-electron chi connectivity index (χ0n) is 18.9. The fourth-order valence-electron chi connectivity index (χ4n) is 4.12. The summed E-state index contributed by atoms with van der Waals surface area (Å²) in [5.41, 5.74) is 1.63. The number of para-hydroxylation sites is 1. The van der Waals surface area contributed by atoms with Gasteiger partial charge in [-0.25, -0.2) is 9.99 Å². The van der Waals surface area contributed by atoms with E-state index in [0.29, 0.717) is 32.9 Å². The number of carbonyl (C=O) groups is 1. The van der Waals surface area contributed by atoms with Gasteiger partial charge in [0, 0.05) is 23.0 Å². The van der Waals surface area contributed by atoms with Crippen molar-refractivity contribution in [2.75, 3.05) is 5.01 Å². The number of alkyl halides is 1. The first-order chi connectivity index (χ1) is 18.0. The number of fused-ring (bicyclic) bond motifs is 1. The van der Waals surface area contributed by atoms with Crippen LogP contribution in [0.1, 0.15) is 17.4 Å². The normalized spacial score (nSPS) is 17.2. The van der Waals surface area contributed by atoms with Crippen LogP contribution < -0.4 is 10.6 Å². The van der Waals surface area contributed by atoms with Gasteiger partial charge in [-0.15, -0.1) is 21.8 Å². The third kappa shape index (κ3) is 4.26. The van der Waals surface area contributed by atoms with Crippen LogP contribution in [0.2, 0.25) is 5.02 Å². The summed E-state index contributed by atoms with van der Waals surface area (Å²) in [5.74, 6) is 0.472. The molecule has 1 amide bonds. The predicted octanol–water partition coefficient (Wildman–Crippen LogP) is 4.61. The van der Waals surface area contributed by atoms with E-state index in [2.05, 4.69) is 15.2 Å². The molecule has 6 rings (SSSR count). The van der Waals surface area contributed by atoms with E-state index in [0.717, 1.165) is 11.1 Å². The minimum Gasteiger partial charge on any atom is -0.411 e. The van der Waals surface area contributed by atoms with Crippen LogP contribution in [0.15, 0.2) is 87.5 Å². The summed E-state index contributed by atoms with van der Waals surface area (Å²) in [7, 11) is 0. The highest BCUT2D eigenvalue weighted by Crippen LogP contribution is 2.38. The van der Waals surface area contributed by atoms with Gasteiger partial charge < -0.3 is 4.42 Å². The lowest BCUT2D eigenvalue weighted by Crippen LogP contribution is -2.64. The van der Waals surface area contributed by atoms with Gasteiger partial charge in [0.25, 0.3) is 16.7 Å². The minimum atomic E-state index is -0.834. The zero-order chi connectivity index (χ0) is 25.5. The topological polar surface area (TPSA) is 107 Å². The Kier molecular flexibility index (Phi) is 6.15. The van der Waals surface area contributed by atoms with E-state index in [4.69, 9.17) is 32.6 Å². The number of amides is 1. The molecule has 2 atom stereocenters. The molecule has 5 aromatic rings. The van der Waals surface area contributed by atoms with Crippen molar-refractivity contribution in [1.29, 1.82) is 0 Å². The highest BCUT2D eigenvalue weighted by molar-refractivity contribution is 7.98. The fourth-order valence-corrected chi connectivity index (χ4v) is 5.28. The minimum absolute atomic E-state index is 0.183. The maximum atomic E-state index is 13.7. The molecule has 2 aromatic carbocycles. The molecule has 0 N–H and O–H groups in total. The number of β-lactam (4-membered cyclic amide) rings is 1. The van der Waals surface area contributed by atoms with Crippen LogP contribution in [-0.2, 0) is 10.5 Å². The third-order valence-electron chi connectivity index (χ3n) is 5.91. The van der Waals surface area contributed by atoms with Gasteiger partial charge in [-0.2, -0.15) is 4.68 Å². The summed E-state index contributed by atoms with van der Waals surface area (Å²) >= 11 is 13.7. The molecule has 0 bridgehead atoms. The lowest BCUT2D eigenvalue weighted by Gasteiger charge is -2.45. The van der Waals surface area contributed by atoms with Crippen molar-refractivity contribution in [3.8, 4) is 11.5 Å². The smallest absolute Gasteiger partial charge is 0.280 e. The van der Waals surface area contributed by atoms with Gasteiger partial charge in [0.15, 0.2) is 0 Å². The number of aromatic nitrogens is 5. The molecule has 184 valence electrons. The van der Waals surface area contributed by atoms with E-state index >= 15 is 0 Å². The first-order valence-corrected chi connectivity index (χ1v) is 12.9. The van der Waals surface area contributed by atoms with Gasteiger partial charge in [-0.1, -0.05) is 47.6 Å². The predicted molar refractivity (Wildman–Crippen MR) is 140 cm³/mol. The Labute approximate surface area is 224 Å². The van der Waals surface area contributed by atoms with Gasteiger partial charge in [-0.3, -0.25) is 14.6 Å². The van der Waals surface area contributed by atoms with Crippen molar-refractivity contribution in [3.05, 3.63) is 99.8 Å². The van der Waals surface area contributed by atoms with E-state index < -0.39 is 17.3 Å². The van der Waals surface area contributed by atoms with Crippen LogP contribution in [0, 0.1) is 0 Å². The molecule has 4 heterocycles. The van der Waals surface area contributed by atoms with Gasteiger partial charge in [0.2, 0.25) is 5.89 Å². The SMILES string of the molecule is O=C1C(Cl)C(c2ccc(Cl)cc2)N1n1c(CSc2nnc(-c3ccncc3)o2)nc2ccccc2c1=O. The second-order valence-corrected chi connectivity index (χ2v) is 9.97. The fraction of sp³-hybridized carbons (Fsp3) is 0.120. The lowest BCUT2D eigenvalue weighted by molar-refractivity contribution is -0.126. The van der Waals surface area contributed by atoms with Crippen molar-refractivity contribution in [2.24, 2.45) is 0 Å². The van der Waals surface area contributed by atoms with E-state index in [9.17, 15) is 9.59 Å². The van der Waals surface area contributed by atoms with Crippen molar-refractivity contribution >= 4 is 51.8 Å². The quantitative estimate of drug-likeness (QED) is 0.171. The number of carbonyl (C=O) groups excluding carboxylic acids is 1. The lowest BCUT2D eigenvalue weighted by atomic mass is 9.95. The Balaban J connectivity index is 1.39. The molecule has 12 heteroatoms. The summed E-state index contributed by atoms with van der Waals surface area (Å²) in [6.07, 6.45) is 3.27. The molecule has 0 radical (unpaired) electrons. The Hall–Kier alpha value is -3.73. The van der Waals surface area contributed by atoms with Gasteiger partial charge in [0.05, 0.1) is 16.7 Å². The molecule has 3 aromatic heterocycles. The molecule has 9 nitrogen and oxygen atoms in total. The zero-order valence-corrected chi connectivity index (χ0v) is 21.2. The third-order valence-corrected chi connectivity index (χ3v) is 7.40. The van der Waals surface area contributed by atoms with Gasteiger partial charge in [0.1, 0.15) is 17.2 Å². The number of hydrogen-bond acceptors (Lipinski definition) is 8. The number of hydrogen-bond donors (Lipinski definition) is 0. The van der Waals surface area contributed by atoms with Gasteiger partial charge in [-0.05, 0) is 42.0 Å². The van der Waals surface area contributed by atoms with Gasteiger partial charge >= 0.3 is 0 Å². The molecule has 1 aliphatic rings. The van der Waals surface area contributed by atoms with E-state index in [1.54, 1.807) is 73.1 Å². The largest absolute Gasteiger partial charge is 0.411 e. The second kappa shape index (κ2) is 9.62. The van der Waals surface area contributed by atoms with Crippen molar-refractivity contribution in [3.63, 3.8) is 0 Å². The Bertz CT molecular complexity index is 1680. The molecule has 0 spiro atoms. The summed E-state index contributed by atoms with van der Waals surface area (Å²) in [4.78, 5) is 35.4. The molecule has 2 unspecified atom stereocenters. The van der Waals surface area contributed by atoms with E-state index in [1.165, 1.54) is 21.4 Å². The summed E-state index contributed by atoms with van der Waals surface area (Å²) in [5, 5.41) is 9.93. The molecule has 1 aliphatic heterocycles. The van der Waals surface area contributed by atoms with Crippen LogP contribution in [0.4, 0.5) is 0 Å². The number of nitrogens with zero attached hydrogens (tertiary/aromatic N) is 6. The van der Waals surface area contributed by atoms with Crippen LogP contribution >= 0.6 is 35.0 Å². The Morgan fingerprint density at radius 1 is 0.973 bits per heavy atom. The van der Waals surface area contributed by atoms with E-state index in [1.807, 2.05) is 0 Å². The van der Waals surface area contributed by atoms with Crippen LogP contribution in [0.25, 0.3) is 22.4 Å². The van der Waals surface area contributed by atoms with Crippen LogP contribution in [-0.4, -0.2) is 36.1 Å². The maximum Gasteiger partial charge on any atom is 0.280 e. The molecule has 37 heavy (non-hydrogen) atoms. The highest BCUT2D eigenvalue weighted by Gasteiger charge is 2.49. The van der Waals surface area contributed by atoms with E-state index in [-0.39, 0.29) is 11.3 Å². The average molecular weight is 551 g/mol. The number of benzene rings is 2. The number of halogens is 2. The maximum absolute atomic E-state index is 13.7. The monoisotopic (exact) mass is 550 g/mol.